The number of carboxylic acid groups (broad SMARTS) is 1. The molecule has 0 saturated heterocycles. The summed E-state index contributed by atoms with van der Waals surface area (Å²) in [5.74, 6) is -5.66. The Morgan fingerprint density at radius 3 is 2.46 bits per heavy atom. The van der Waals surface area contributed by atoms with Crippen LogP contribution in [0.1, 0.15) is 19.3 Å². The van der Waals surface area contributed by atoms with E-state index in [4.69, 9.17) is 5.11 Å². The molecule has 0 atom stereocenters. The van der Waals surface area contributed by atoms with Gasteiger partial charge in [-0.25, -0.2) is 4.79 Å². The first-order chi connectivity index (χ1) is 5.93. The van der Waals surface area contributed by atoms with E-state index in [0.29, 0.717) is 0 Å². The van der Waals surface area contributed by atoms with Crippen LogP contribution in [-0.4, -0.2) is 41.5 Å². The number of carbonyl (C=O) groups is 1. The Balaban J connectivity index is 2.41. The van der Waals surface area contributed by atoms with Crippen molar-refractivity contribution in [3.63, 3.8) is 0 Å². The van der Waals surface area contributed by atoms with Gasteiger partial charge in [-0.3, -0.25) is 4.90 Å². The van der Waals surface area contributed by atoms with E-state index in [1.165, 1.54) is 4.90 Å². The minimum atomic E-state index is -3.62. The van der Waals surface area contributed by atoms with Crippen molar-refractivity contribution in [1.82, 2.24) is 4.90 Å². The van der Waals surface area contributed by atoms with E-state index in [1.807, 2.05) is 0 Å². The Morgan fingerprint density at radius 2 is 2.15 bits per heavy atom. The molecule has 1 N–H and O–H groups in total. The van der Waals surface area contributed by atoms with Crippen LogP contribution >= 0.6 is 0 Å². The molecular weight excluding hydrogens is 180 g/mol. The van der Waals surface area contributed by atoms with E-state index in [1.54, 1.807) is 7.05 Å². The zero-order chi connectivity index (χ0) is 10.1. The Bertz CT molecular complexity index is 204. The topological polar surface area (TPSA) is 40.5 Å². The van der Waals surface area contributed by atoms with Gasteiger partial charge in [-0.05, 0) is 19.9 Å². The monoisotopic (exact) mass is 193 g/mol. The van der Waals surface area contributed by atoms with Gasteiger partial charge in [0.25, 0.3) is 0 Å². The zero-order valence-electron chi connectivity index (χ0n) is 7.46. The van der Waals surface area contributed by atoms with Gasteiger partial charge < -0.3 is 5.11 Å². The van der Waals surface area contributed by atoms with E-state index < -0.39 is 18.4 Å². The van der Waals surface area contributed by atoms with Crippen LogP contribution < -0.4 is 0 Å². The highest BCUT2D eigenvalue weighted by Gasteiger charge is 2.41. The summed E-state index contributed by atoms with van der Waals surface area (Å²) in [4.78, 5) is 11.5. The van der Waals surface area contributed by atoms with Crippen LogP contribution in [0, 0.1) is 0 Å². The summed E-state index contributed by atoms with van der Waals surface area (Å²) in [6.07, 6.45) is 2.84. The van der Waals surface area contributed by atoms with E-state index in [2.05, 4.69) is 0 Å². The molecule has 5 heteroatoms. The van der Waals surface area contributed by atoms with Crippen LogP contribution in [0.5, 0.6) is 0 Å². The van der Waals surface area contributed by atoms with Crippen molar-refractivity contribution in [2.24, 2.45) is 0 Å². The second-order valence-electron chi connectivity index (χ2n) is 3.51. The lowest BCUT2D eigenvalue weighted by Gasteiger charge is -2.35. The number of nitrogens with zero attached hydrogens (tertiary/aromatic N) is 1. The highest BCUT2D eigenvalue weighted by molar-refractivity contribution is 5.75. The number of rotatable bonds is 4. The van der Waals surface area contributed by atoms with Crippen LogP contribution in [0.3, 0.4) is 0 Å². The van der Waals surface area contributed by atoms with Gasteiger partial charge in [0.05, 0.1) is 6.54 Å². The normalized spacial score (nSPS) is 18.8. The van der Waals surface area contributed by atoms with Gasteiger partial charge in [-0.1, -0.05) is 6.42 Å². The fraction of sp³-hybridized carbons (Fsp3) is 0.875. The van der Waals surface area contributed by atoms with Crippen LogP contribution in [-0.2, 0) is 4.79 Å². The molecule has 3 nitrogen and oxygen atoms in total. The van der Waals surface area contributed by atoms with E-state index in [0.717, 1.165) is 19.3 Å². The van der Waals surface area contributed by atoms with Crippen molar-refractivity contribution in [2.75, 3.05) is 13.6 Å². The van der Waals surface area contributed by atoms with Gasteiger partial charge in [-0.15, -0.1) is 0 Å². The molecule has 1 saturated carbocycles. The average molecular weight is 193 g/mol. The van der Waals surface area contributed by atoms with Crippen molar-refractivity contribution < 1.29 is 18.7 Å². The summed E-state index contributed by atoms with van der Waals surface area (Å²) in [6.45, 7) is -0.688. The molecule has 0 bridgehead atoms. The minimum Gasteiger partial charge on any atom is -0.477 e. The molecule has 0 unspecified atom stereocenters. The molecule has 1 aliphatic carbocycles. The predicted molar refractivity (Wildman–Crippen MR) is 42.9 cm³/mol. The van der Waals surface area contributed by atoms with E-state index in [9.17, 15) is 13.6 Å². The molecule has 0 amide bonds. The third kappa shape index (κ3) is 2.37. The Kier molecular flexibility index (Phi) is 2.85. The largest absolute Gasteiger partial charge is 0.477 e. The highest BCUT2D eigenvalue weighted by atomic mass is 19.3. The maximum absolute atomic E-state index is 12.7. The lowest BCUT2D eigenvalue weighted by molar-refractivity contribution is -0.168. The van der Waals surface area contributed by atoms with Crippen molar-refractivity contribution in [2.45, 2.75) is 31.2 Å². The fourth-order valence-corrected chi connectivity index (χ4v) is 1.34. The minimum absolute atomic E-state index is 0.144. The standard InChI is InChI=1S/C8H13F2NO2/c1-11(6-3-2-4-6)5-8(9,10)7(12)13/h6H,2-5H2,1H3,(H,12,13). The molecule has 1 fully saturated rings. The van der Waals surface area contributed by atoms with Crippen LogP contribution in [0.25, 0.3) is 0 Å². The summed E-state index contributed by atoms with van der Waals surface area (Å²) in [5, 5.41) is 8.19. The number of halogens is 2. The fourth-order valence-electron chi connectivity index (χ4n) is 1.34. The second-order valence-corrected chi connectivity index (χ2v) is 3.51. The van der Waals surface area contributed by atoms with E-state index >= 15 is 0 Å². The van der Waals surface area contributed by atoms with Crippen molar-refractivity contribution in [1.29, 1.82) is 0 Å². The molecule has 0 aromatic carbocycles. The van der Waals surface area contributed by atoms with Crippen molar-refractivity contribution in [3.8, 4) is 0 Å². The first-order valence-electron chi connectivity index (χ1n) is 4.25. The van der Waals surface area contributed by atoms with Gasteiger partial charge in [0.15, 0.2) is 0 Å². The number of hydrogen-bond acceptors (Lipinski definition) is 2. The van der Waals surface area contributed by atoms with Gasteiger partial charge in [0.2, 0.25) is 0 Å². The Labute approximate surface area is 75.3 Å². The maximum Gasteiger partial charge on any atom is 0.375 e. The molecule has 0 aliphatic heterocycles. The van der Waals surface area contributed by atoms with Crippen LogP contribution in [0.15, 0.2) is 0 Å². The van der Waals surface area contributed by atoms with Gasteiger partial charge >= 0.3 is 11.9 Å². The SMILES string of the molecule is CN(CC(F)(F)C(=O)O)C1CCC1. The first kappa shape index (κ1) is 10.4. The molecule has 0 spiro atoms. The third-order valence-corrected chi connectivity index (χ3v) is 2.46. The van der Waals surface area contributed by atoms with Crippen LogP contribution in [0.4, 0.5) is 8.78 Å². The molecule has 0 aromatic heterocycles. The number of hydrogen-bond donors (Lipinski definition) is 1. The molecule has 0 radical (unpaired) electrons. The van der Waals surface area contributed by atoms with Crippen molar-refractivity contribution >= 4 is 5.97 Å². The van der Waals surface area contributed by atoms with Crippen LogP contribution in [0.2, 0.25) is 0 Å². The molecule has 1 aliphatic rings. The lowest BCUT2D eigenvalue weighted by atomic mass is 9.92. The number of carboxylic acids is 1. The molecule has 0 aromatic rings. The smallest absolute Gasteiger partial charge is 0.375 e. The van der Waals surface area contributed by atoms with E-state index in [-0.39, 0.29) is 6.04 Å². The predicted octanol–water partition coefficient (Wildman–Crippen LogP) is 1.19. The van der Waals surface area contributed by atoms with Crippen molar-refractivity contribution in [3.05, 3.63) is 0 Å². The quantitative estimate of drug-likeness (QED) is 0.729. The first-order valence-corrected chi connectivity index (χ1v) is 4.25. The number of alkyl halides is 2. The Morgan fingerprint density at radius 1 is 1.62 bits per heavy atom. The molecule has 0 heterocycles. The summed E-state index contributed by atoms with van der Waals surface area (Å²) in [6, 6.07) is 0.144. The molecule has 76 valence electrons. The maximum atomic E-state index is 12.7. The number of aliphatic carboxylic acids is 1. The second kappa shape index (κ2) is 3.57. The highest BCUT2D eigenvalue weighted by Crippen LogP contribution is 2.26. The average Bonchev–Trinajstić information content (AvgIpc) is 1.80. The van der Waals surface area contributed by atoms with Gasteiger partial charge in [0.1, 0.15) is 0 Å². The summed E-state index contributed by atoms with van der Waals surface area (Å²) < 4.78 is 25.4. The van der Waals surface area contributed by atoms with Gasteiger partial charge in [-0.2, -0.15) is 8.78 Å². The summed E-state index contributed by atoms with van der Waals surface area (Å²) >= 11 is 0. The summed E-state index contributed by atoms with van der Waals surface area (Å²) in [5.41, 5.74) is 0. The lowest BCUT2D eigenvalue weighted by Crippen LogP contribution is -2.47. The molecule has 13 heavy (non-hydrogen) atoms. The molecule has 1 rings (SSSR count). The third-order valence-electron chi connectivity index (χ3n) is 2.46. The molecular formula is C8H13F2NO2. The zero-order valence-corrected chi connectivity index (χ0v) is 7.46. The Hall–Kier alpha value is -0.710. The summed E-state index contributed by atoms with van der Waals surface area (Å²) in [7, 11) is 1.54. The van der Waals surface area contributed by atoms with Gasteiger partial charge in [0, 0.05) is 6.04 Å².